The number of fused-ring (bicyclic) bond motifs is 1. The standard InChI is InChI=1S/C23H22N6O2/c1-14-26-20-7-15(3-6-21(20)28(14)2)22-19(5-4-17(10-24)27-22)16-11-25-29(12-16)13-23(31)8-18(30)9-23/h3-7,11-12,18,30-31H,8-9,13H2,1-2H3. The van der Waals surface area contributed by atoms with Crippen molar-refractivity contribution in [1.82, 2.24) is 24.3 Å². The van der Waals surface area contributed by atoms with E-state index in [1.54, 1.807) is 16.9 Å². The summed E-state index contributed by atoms with van der Waals surface area (Å²) in [5, 5.41) is 33.8. The molecule has 2 N–H and O–H groups in total. The Labute approximate surface area is 179 Å². The average molecular weight is 414 g/mol. The first-order valence-electron chi connectivity index (χ1n) is 10.1. The molecule has 0 unspecified atom stereocenters. The summed E-state index contributed by atoms with van der Waals surface area (Å²) in [6.07, 6.45) is 3.86. The van der Waals surface area contributed by atoms with Crippen LogP contribution in [0.2, 0.25) is 0 Å². The van der Waals surface area contributed by atoms with E-state index in [1.165, 1.54) is 0 Å². The Morgan fingerprint density at radius 2 is 2.00 bits per heavy atom. The van der Waals surface area contributed by atoms with Crippen molar-refractivity contribution < 1.29 is 10.2 Å². The lowest BCUT2D eigenvalue weighted by Gasteiger charge is -2.40. The molecule has 156 valence electrons. The van der Waals surface area contributed by atoms with Crippen molar-refractivity contribution in [3.8, 4) is 28.5 Å². The first-order valence-corrected chi connectivity index (χ1v) is 10.1. The van der Waals surface area contributed by atoms with Crippen LogP contribution in [0.5, 0.6) is 0 Å². The van der Waals surface area contributed by atoms with Crippen molar-refractivity contribution in [3.05, 3.63) is 54.2 Å². The Balaban J connectivity index is 1.56. The van der Waals surface area contributed by atoms with Crippen molar-refractivity contribution in [2.24, 2.45) is 7.05 Å². The molecule has 8 nitrogen and oxygen atoms in total. The van der Waals surface area contributed by atoms with Gasteiger partial charge in [-0.05, 0) is 31.2 Å². The quantitative estimate of drug-likeness (QED) is 0.531. The van der Waals surface area contributed by atoms with E-state index in [0.29, 0.717) is 30.8 Å². The minimum Gasteiger partial charge on any atom is -0.393 e. The van der Waals surface area contributed by atoms with Gasteiger partial charge >= 0.3 is 0 Å². The van der Waals surface area contributed by atoms with E-state index in [-0.39, 0.29) is 0 Å². The van der Waals surface area contributed by atoms with Crippen LogP contribution in [-0.4, -0.2) is 46.2 Å². The molecule has 1 saturated carbocycles. The average Bonchev–Trinajstić information content (AvgIpc) is 3.30. The van der Waals surface area contributed by atoms with Gasteiger partial charge in [0.1, 0.15) is 17.6 Å². The highest BCUT2D eigenvalue weighted by Crippen LogP contribution is 2.35. The van der Waals surface area contributed by atoms with Gasteiger partial charge in [0.05, 0.1) is 41.2 Å². The first-order chi connectivity index (χ1) is 14.8. The lowest BCUT2D eigenvalue weighted by Crippen LogP contribution is -2.50. The normalized spacial score (nSPS) is 20.5. The van der Waals surface area contributed by atoms with Crippen molar-refractivity contribution in [2.75, 3.05) is 0 Å². The summed E-state index contributed by atoms with van der Waals surface area (Å²) in [6.45, 7) is 2.28. The highest BCUT2D eigenvalue weighted by atomic mass is 16.3. The number of nitrogens with zero attached hydrogens (tertiary/aromatic N) is 6. The molecule has 3 aromatic heterocycles. The third-order valence-corrected chi connectivity index (χ3v) is 6.02. The number of aliphatic hydroxyl groups is 2. The number of pyridine rings is 1. The van der Waals surface area contributed by atoms with Crippen LogP contribution in [-0.2, 0) is 13.6 Å². The molecule has 31 heavy (non-hydrogen) atoms. The molecule has 0 bridgehead atoms. The van der Waals surface area contributed by atoms with Crippen LogP contribution < -0.4 is 0 Å². The predicted molar refractivity (Wildman–Crippen MR) is 115 cm³/mol. The summed E-state index contributed by atoms with van der Waals surface area (Å²) < 4.78 is 3.72. The second-order valence-electron chi connectivity index (χ2n) is 8.34. The maximum Gasteiger partial charge on any atom is 0.141 e. The van der Waals surface area contributed by atoms with Crippen LogP contribution in [0.15, 0.2) is 42.7 Å². The monoisotopic (exact) mass is 414 g/mol. The van der Waals surface area contributed by atoms with Crippen LogP contribution >= 0.6 is 0 Å². The zero-order valence-corrected chi connectivity index (χ0v) is 17.3. The molecule has 1 aromatic carbocycles. The number of aliphatic hydroxyl groups excluding tert-OH is 1. The molecular weight excluding hydrogens is 392 g/mol. The first kappa shape index (κ1) is 19.4. The van der Waals surface area contributed by atoms with E-state index >= 15 is 0 Å². The zero-order chi connectivity index (χ0) is 21.8. The topological polar surface area (TPSA) is 113 Å². The third kappa shape index (κ3) is 3.38. The Bertz CT molecular complexity index is 1340. The summed E-state index contributed by atoms with van der Waals surface area (Å²) in [7, 11) is 1.98. The van der Waals surface area contributed by atoms with E-state index in [4.69, 9.17) is 0 Å². The molecule has 0 aliphatic heterocycles. The van der Waals surface area contributed by atoms with Crippen molar-refractivity contribution in [1.29, 1.82) is 5.26 Å². The highest BCUT2D eigenvalue weighted by Gasteiger charge is 2.42. The molecule has 1 fully saturated rings. The summed E-state index contributed by atoms with van der Waals surface area (Å²) >= 11 is 0. The highest BCUT2D eigenvalue weighted by molar-refractivity contribution is 5.87. The van der Waals surface area contributed by atoms with Crippen LogP contribution in [0.25, 0.3) is 33.4 Å². The molecule has 0 saturated heterocycles. The van der Waals surface area contributed by atoms with Gasteiger partial charge < -0.3 is 14.8 Å². The second-order valence-corrected chi connectivity index (χ2v) is 8.34. The van der Waals surface area contributed by atoms with Gasteiger partial charge in [0.25, 0.3) is 0 Å². The summed E-state index contributed by atoms with van der Waals surface area (Å²) in [4.78, 5) is 9.20. The van der Waals surface area contributed by atoms with Gasteiger partial charge in [0.15, 0.2) is 0 Å². The van der Waals surface area contributed by atoms with Crippen LogP contribution in [0.3, 0.4) is 0 Å². The van der Waals surface area contributed by atoms with Crippen LogP contribution in [0.1, 0.15) is 24.4 Å². The van der Waals surface area contributed by atoms with Gasteiger partial charge in [-0.25, -0.2) is 9.97 Å². The number of aryl methyl sites for hydroxylation is 2. The fourth-order valence-corrected chi connectivity index (χ4v) is 4.28. The molecule has 4 aromatic rings. The lowest BCUT2D eigenvalue weighted by atomic mass is 9.77. The number of rotatable bonds is 4. The molecular formula is C23H22N6O2. The van der Waals surface area contributed by atoms with E-state index in [1.807, 2.05) is 49.0 Å². The number of hydrogen-bond donors (Lipinski definition) is 2. The number of hydrogen-bond acceptors (Lipinski definition) is 6. The number of nitriles is 1. The Kier molecular flexibility index (Phi) is 4.39. The molecule has 0 atom stereocenters. The summed E-state index contributed by atoms with van der Waals surface area (Å²) in [5.74, 6) is 0.923. The van der Waals surface area contributed by atoms with Gasteiger partial charge in [0, 0.05) is 42.8 Å². The van der Waals surface area contributed by atoms with Crippen LogP contribution in [0.4, 0.5) is 0 Å². The van der Waals surface area contributed by atoms with Crippen molar-refractivity contribution in [3.63, 3.8) is 0 Å². The van der Waals surface area contributed by atoms with Crippen molar-refractivity contribution in [2.45, 2.75) is 38.0 Å². The fraction of sp³-hybridized carbons (Fsp3) is 0.304. The molecule has 3 heterocycles. The third-order valence-electron chi connectivity index (χ3n) is 6.02. The minimum absolute atomic E-state index is 0.322. The van der Waals surface area contributed by atoms with E-state index < -0.39 is 11.7 Å². The predicted octanol–water partition coefficient (Wildman–Crippen LogP) is 2.56. The van der Waals surface area contributed by atoms with Gasteiger partial charge in [0.2, 0.25) is 0 Å². The number of benzene rings is 1. The molecule has 1 aliphatic rings. The van der Waals surface area contributed by atoms with Crippen molar-refractivity contribution >= 4 is 11.0 Å². The van der Waals surface area contributed by atoms with Gasteiger partial charge in [-0.3, -0.25) is 4.68 Å². The second kappa shape index (κ2) is 7.01. The molecule has 0 spiro atoms. The van der Waals surface area contributed by atoms with E-state index in [2.05, 4.69) is 21.1 Å². The minimum atomic E-state index is -0.920. The molecule has 1 aliphatic carbocycles. The zero-order valence-electron chi connectivity index (χ0n) is 17.3. The Morgan fingerprint density at radius 3 is 2.74 bits per heavy atom. The smallest absolute Gasteiger partial charge is 0.141 e. The largest absolute Gasteiger partial charge is 0.393 e. The molecule has 0 amide bonds. The molecule has 8 heteroatoms. The molecule has 0 radical (unpaired) electrons. The van der Waals surface area contributed by atoms with Gasteiger partial charge in [-0.2, -0.15) is 10.4 Å². The maximum absolute atomic E-state index is 10.5. The number of aromatic nitrogens is 5. The fourth-order valence-electron chi connectivity index (χ4n) is 4.28. The summed E-state index contributed by atoms with van der Waals surface area (Å²) in [6, 6.07) is 11.7. The van der Waals surface area contributed by atoms with Gasteiger partial charge in [-0.1, -0.05) is 6.07 Å². The summed E-state index contributed by atoms with van der Waals surface area (Å²) in [5.41, 5.74) is 4.55. The van der Waals surface area contributed by atoms with E-state index in [9.17, 15) is 15.5 Å². The SMILES string of the molecule is Cc1nc2cc(-c3nc(C#N)ccc3-c3cnn(CC4(O)CC(O)C4)c3)ccc2n1C. The van der Waals surface area contributed by atoms with E-state index in [0.717, 1.165) is 33.5 Å². The van der Waals surface area contributed by atoms with Gasteiger partial charge in [-0.15, -0.1) is 0 Å². The Morgan fingerprint density at radius 1 is 1.19 bits per heavy atom. The Hall–Kier alpha value is -3.54. The van der Waals surface area contributed by atoms with Crippen LogP contribution in [0, 0.1) is 18.3 Å². The number of imidazole rings is 1. The lowest BCUT2D eigenvalue weighted by molar-refractivity contribution is -0.123. The maximum atomic E-state index is 10.5. The molecule has 5 rings (SSSR count).